The molecule has 0 saturated heterocycles. The first kappa shape index (κ1) is 29.6. The fourth-order valence-electron chi connectivity index (χ4n) is 6.95. The molecule has 2 aliphatic rings. The van der Waals surface area contributed by atoms with E-state index in [-0.39, 0.29) is 24.8 Å². The van der Waals surface area contributed by atoms with Crippen molar-refractivity contribution in [2.75, 3.05) is 0 Å². The fraction of sp³-hybridized carbons (Fsp3) is 0.333. The summed E-state index contributed by atoms with van der Waals surface area (Å²) in [6.45, 7) is 14.1. The van der Waals surface area contributed by atoms with Gasteiger partial charge in [0.25, 0.3) is 0 Å². The fourth-order valence-corrected chi connectivity index (χ4v) is 36.4. The van der Waals surface area contributed by atoms with Crippen molar-refractivity contribution in [3.05, 3.63) is 101 Å². The third kappa shape index (κ3) is 5.11. The van der Waals surface area contributed by atoms with Crippen LogP contribution in [0.3, 0.4) is 0 Å². The predicted molar refractivity (Wildman–Crippen MR) is 157 cm³/mol. The molecule has 2 atom stereocenters. The van der Waals surface area contributed by atoms with Crippen LogP contribution in [0.15, 0.2) is 78.4 Å². The molecule has 0 spiro atoms. The van der Waals surface area contributed by atoms with Crippen molar-refractivity contribution in [3.8, 4) is 0 Å². The van der Waals surface area contributed by atoms with Gasteiger partial charge in [-0.05, 0) is 0 Å². The zero-order valence-electron chi connectivity index (χ0n) is 22.0. The molecule has 34 heavy (non-hydrogen) atoms. The topological polar surface area (TPSA) is 0 Å². The van der Waals surface area contributed by atoms with Crippen LogP contribution < -0.4 is 0 Å². The molecule has 0 radical (unpaired) electrons. The number of allylic oxidation sites excluding steroid dienone is 8. The second-order valence-corrected chi connectivity index (χ2v) is 53.4. The average Bonchev–Trinajstić information content (AvgIpc) is 3.17. The van der Waals surface area contributed by atoms with Crippen molar-refractivity contribution in [1.29, 1.82) is 0 Å². The summed E-state index contributed by atoms with van der Waals surface area (Å²) < 4.78 is 9.10. The van der Waals surface area contributed by atoms with Gasteiger partial charge in [-0.2, -0.15) is 0 Å². The van der Waals surface area contributed by atoms with Gasteiger partial charge < -0.3 is 0 Å². The summed E-state index contributed by atoms with van der Waals surface area (Å²) in [6.07, 6.45) is 5.11. The standard InChI is InChI=1S/2C14H15.2CH3.2ClH.GeH2.Zr/c2*1-10-5-4-6-13(8-10)14-9-11(2)7-12(14)3;;;;;;/h2*4-6,8-9,11H,1-3H3;2*1H3;2*1H;1H2;. The van der Waals surface area contributed by atoms with E-state index in [1.54, 1.807) is 11.1 Å². The molecule has 0 heterocycles. The van der Waals surface area contributed by atoms with Gasteiger partial charge in [-0.25, -0.2) is 0 Å². The number of halogens is 2. The van der Waals surface area contributed by atoms with Crippen molar-refractivity contribution in [3.63, 3.8) is 0 Å². The minimum atomic E-state index is -3.31. The van der Waals surface area contributed by atoms with Crippen molar-refractivity contribution < 1.29 is 15.7 Å². The molecule has 2 aliphatic carbocycles. The minimum Gasteiger partial charge on any atom is -0.147 e. The van der Waals surface area contributed by atoms with Crippen LogP contribution in [0.5, 0.6) is 0 Å². The molecule has 2 aromatic carbocycles. The normalized spacial score (nSPS) is 20.6. The van der Waals surface area contributed by atoms with E-state index in [4.69, 9.17) is 0 Å². The first-order valence-corrected chi connectivity index (χ1v) is 29.9. The van der Waals surface area contributed by atoms with Gasteiger partial charge in [-0.15, -0.1) is 24.8 Å². The number of benzene rings is 2. The summed E-state index contributed by atoms with van der Waals surface area (Å²) in [6, 6.07) is 18.1. The van der Waals surface area contributed by atoms with Crippen LogP contribution in [-0.2, 0) is 15.7 Å². The van der Waals surface area contributed by atoms with Gasteiger partial charge in [-0.1, -0.05) is 0 Å². The van der Waals surface area contributed by atoms with Crippen LogP contribution in [0.1, 0.15) is 49.9 Å². The number of aryl methyl sites for hydroxylation is 2. The SMILES string of the molecule is CC1=[C]([Zr]([CH3])([CH3])(=[GeH2])[C]2=C(C)C(c3cccc(C)c3)=CC2C)C(C)C=C1c1cccc(C)c1.Cl.Cl. The number of hydrogen-bond donors (Lipinski definition) is 0. The maximum Gasteiger partial charge on any atom is -0.147 e. The van der Waals surface area contributed by atoms with E-state index >= 15 is 0 Å². The van der Waals surface area contributed by atoms with E-state index in [1.165, 1.54) is 45.5 Å². The molecule has 182 valence electrons. The maximum absolute atomic E-state index is 3.31. The van der Waals surface area contributed by atoms with Crippen LogP contribution in [-0.4, -0.2) is 12.1 Å². The van der Waals surface area contributed by atoms with Gasteiger partial charge in [0.1, 0.15) is 0 Å². The first-order valence-electron chi connectivity index (χ1n) is 12.0. The Bertz CT molecular complexity index is 1220. The van der Waals surface area contributed by atoms with Crippen LogP contribution in [0.2, 0.25) is 9.26 Å². The zero-order chi connectivity index (χ0) is 23.4. The van der Waals surface area contributed by atoms with E-state index in [0.717, 1.165) is 0 Å². The Morgan fingerprint density at radius 2 is 1.00 bits per heavy atom. The monoisotopic (exact) mass is 634 g/mol. The van der Waals surface area contributed by atoms with Crippen LogP contribution in [0.25, 0.3) is 11.1 Å². The molecule has 0 amide bonds. The molecule has 2 unspecified atom stereocenters. The Balaban J connectivity index is 0.00000204. The smallest absolute Gasteiger partial charge is 0.147 e. The quantitative estimate of drug-likeness (QED) is 0.295. The van der Waals surface area contributed by atoms with Crippen LogP contribution in [0.4, 0.5) is 0 Å². The molecule has 0 fully saturated rings. The predicted octanol–water partition coefficient (Wildman–Crippen LogP) is 8.80. The molecule has 0 aliphatic heterocycles. The second-order valence-electron chi connectivity index (χ2n) is 11.2. The summed E-state index contributed by atoms with van der Waals surface area (Å²) in [4.78, 5) is 0. The summed E-state index contributed by atoms with van der Waals surface area (Å²) in [5.74, 6) is 1.07. The van der Waals surface area contributed by atoms with Gasteiger partial charge in [0.2, 0.25) is 0 Å². The Hall–Kier alpha value is -0.594. The summed E-state index contributed by atoms with van der Waals surface area (Å²) in [5.41, 5.74) is 11.6. The largest absolute Gasteiger partial charge is 0.147 e. The van der Waals surface area contributed by atoms with Gasteiger partial charge in [0.05, 0.1) is 0 Å². The average molecular weight is 635 g/mol. The van der Waals surface area contributed by atoms with Gasteiger partial charge in [0, 0.05) is 0 Å². The maximum atomic E-state index is 2.73. The second kappa shape index (κ2) is 10.4. The zero-order valence-corrected chi connectivity index (χ0v) is 29.0. The summed E-state index contributed by atoms with van der Waals surface area (Å²) >= 11 is -1.89. The van der Waals surface area contributed by atoms with E-state index in [9.17, 15) is 0 Å². The van der Waals surface area contributed by atoms with Crippen molar-refractivity contribution in [2.24, 2.45) is 11.8 Å². The molecule has 4 rings (SSSR count). The minimum absolute atomic E-state index is 0. The van der Waals surface area contributed by atoms with Gasteiger partial charge >= 0.3 is 202 Å². The first-order chi connectivity index (χ1) is 14.9. The molecule has 0 aromatic heterocycles. The number of rotatable bonds is 4. The molecule has 0 nitrogen and oxygen atoms in total. The van der Waals surface area contributed by atoms with Crippen LogP contribution >= 0.6 is 24.8 Å². The van der Waals surface area contributed by atoms with E-state index < -0.39 is 15.7 Å². The van der Waals surface area contributed by atoms with Crippen molar-refractivity contribution >= 4 is 48.1 Å². The third-order valence-electron chi connectivity index (χ3n) is 7.75. The Kier molecular flexibility index (Phi) is 9.08. The molecule has 0 N–H and O–H groups in total. The van der Waals surface area contributed by atoms with Crippen LogP contribution in [0, 0.1) is 25.7 Å². The Morgan fingerprint density at radius 1 is 0.647 bits per heavy atom. The Morgan fingerprint density at radius 3 is 1.32 bits per heavy atom. The molecule has 0 bridgehead atoms. The molecule has 2 aromatic rings. The molecule has 0 saturated carbocycles. The number of hydrogen-bond acceptors (Lipinski definition) is 0. The van der Waals surface area contributed by atoms with Crippen molar-refractivity contribution in [1.82, 2.24) is 0 Å². The van der Waals surface area contributed by atoms with E-state index in [0.29, 0.717) is 11.8 Å². The Labute approximate surface area is 225 Å². The summed E-state index contributed by atoms with van der Waals surface area (Å²) in [7, 11) is 0. The van der Waals surface area contributed by atoms with Gasteiger partial charge in [-0.3, -0.25) is 0 Å². The molecular formula is C30H40Cl2GeZr. The van der Waals surface area contributed by atoms with Crippen molar-refractivity contribution in [2.45, 2.75) is 50.8 Å². The third-order valence-corrected chi connectivity index (χ3v) is 29.8. The molecule has 4 heteroatoms. The molecular weight excluding hydrogens is 595 g/mol. The van der Waals surface area contributed by atoms with E-state index in [2.05, 4.69) is 111 Å². The van der Waals surface area contributed by atoms with Gasteiger partial charge in [0.15, 0.2) is 0 Å². The summed E-state index contributed by atoms with van der Waals surface area (Å²) in [5, 5.41) is 0. The van der Waals surface area contributed by atoms with E-state index in [1.807, 2.05) is 6.56 Å².